The number of aromatic nitrogens is 2. The van der Waals surface area contributed by atoms with Crippen LogP contribution in [-0.2, 0) is 4.79 Å². The number of hydrogen-bond acceptors (Lipinski definition) is 7. The summed E-state index contributed by atoms with van der Waals surface area (Å²) in [5.41, 5.74) is 3.54. The molecular formula is C23H19N3O4S. The monoisotopic (exact) mass is 433 g/mol. The second-order valence-electron chi connectivity index (χ2n) is 7.14. The summed E-state index contributed by atoms with van der Waals surface area (Å²) in [5.74, 6) is 1.59. The minimum Gasteiger partial charge on any atom is -0.481 e. The number of ether oxygens (including phenoxy) is 3. The number of benzene rings is 2. The van der Waals surface area contributed by atoms with Crippen molar-refractivity contribution in [1.82, 2.24) is 9.97 Å². The van der Waals surface area contributed by atoms with Gasteiger partial charge >= 0.3 is 0 Å². The van der Waals surface area contributed by atoms with Crippen molar-refractivity contribution >= 4 is 33.3 Å². The summed E-state index contributed by atoms with van der Waals surface area (Å²) in [6.45, 7) is 3.85. The molecule has 0 fully saturated rings. The predicted molar refractivity (Wildman–Crippen MR) is 119 cm³/mol. The topological polar surface area (TPSA) is 82.6 Å². The quantitative estimate of drug-likeness (QED) is 0.487. The Morgan fingerprint density at radius 1 is 1.16 bits per heavy atom. The van der Waals surface area contributed by atoms with Gasteiger partial charge in [0.2, 0.25) is 6.79 Å². The van der Waals surface area contributed by atoms with Gasteiger partial charge in [-0.3, -0.25) is 4.79 Å². The highest BCUT2D eigenvalue weighted by molar-refractivity contribution is 7.21. The van der Waals surface area contributed by atoms with Crippen LogP contribution >= 0.6 is 11.3 Å². The van der Waals surface area contributed by atoms with Gasteiger partial charge in [-0.1, -0.05) is 11.3 Å². The number of nitrogens with one attached hydrogen (secondary N) is 1. The Kier molecular flexibility index (Phi) is 4.91. The van der Waals surface area contributed by atoms with Gasteiger partial charge in [0.15, 0.2) is 17.6 Å². The Hall–Kier alpha value is -3.65. The summed E-state index contributed by atoms with van der Waals surface area (Å²) >= 11 is 1.54. The number of nitrogens with zero attached hydrogens (tertiary/aromatic N) is 2. The summed E-state index contributed by atoms with van der Waals surface area (Å²) in [4.78, 5) is 22.6. The average molecular weight is 433 g/mol. The van der Waals surface area contributed by atoms with Crippen LogP contribution in [0.25, 0.3) is 20.9 Å². The summed E-state index contributed by atoms with van der Waals surface area (Å²) in [7, 11) is 0. The zero-order chi connectivity index (χ0) is 21.4. The Balaban J connectivity index is 1.28. The van der Waals surface area contributed by atoms with Crippen molar-refractivity contribution in [2.75, 3.05) is 12.1 Å². The van der Waals surface area contributed by atoms with Crippen molar-refractivity contribution in [2.24, 2.45) is 0 Å². The fourth-order valence-corrected chi connectivity index (χ4v) is 4.18. The molecule has 7 nitrogen and oxygen atoms in total. The lowest BCUT2D eigenvalue weighted by atomic mass is 10.1. The van der Waals surface area contributed by atoms with Crippen molar-refractivity contribution in [3.05, 3.63) is 60.3 Å². The Labute approximate surface area is 182 Å². The van der Waals surface area contributed by atoms with Gasteiger partial charge in [-0.05, 0) is 61.9 Å². The smallest absolute Gasteiger partial charge is 0.265 e. The van der Waals surface area contributed by atoms with Crippen molar-refractivity contribution in [3.63, 3.8) is 0 Å². The molecular weight excluding hydrogens is 414 g/mol. The van der Waals surface area contributed by atoms with E-state index in [1.807, 2.05) is 37.3 Å². The van der Waals surface area contributed by atoms with E-state index in [0.29, 0.717) is 17.2 Å². The van der Waals surface area contributed by atoms with Crippen LogP contribution in [0.3, 0.4) is 0 Å². The van der Waals surface area contributed by atoms with E-state index in [4.69, 9.17) is 14.2 Å². The number of carbonyl (C=O) groups excluding carboxylic acids is 1. The SMILES string of the molecule is Cc1cc(-c2nc3cccnc3s2)ccc1NC(=O)C(C)Oc1ccc2c(c1)OCO2. The van der Waals surface area contributed by atoms with Crippen molar-refractivity contribution < 1.29 is 19.0 Å². The van der Waals surface area contributed by atoms with Gasteiger partial charge in [0.25, 0.3) is 5.91 Å². The number of pyridine rings is 1. The predicted octanol–water partition coefficient (Wildman–Crippen LogP) is 4.80. The molecule has 3 heterocycles. The lowest BCUT2D eigenvalue weighted by Crippen LogP contribution is -2.30. The molecule has 31 heavy (non-hydrogen) atoms. The molecule has 1 amide bonds. The molecule has 1 unspecified atom stereocenters. The van der Waals surface area contributed by atoms with Crippen LogP contribution in [0.1, 0.15) is 12.5 Å². The maximum Gasteiger partial charge on any atom is 0.265 e. The van der Waals surface area contributed by atoms with Crippen molar-refractivity contribution in [3.8, 4) is 27.8 Å². The van der Waals surface area contributed by atoms with E-state index in [1.165, 1.54) is 0 Å². The summed E-state index contributed by atoms with van der Waals surface area (Å²) < 4.78 is 16.4. The maximum atomic E-state index is 12.7. The fourth-order valence-electron chi connectivity index (χ4n) is 3.27. The van der Waals surface area contributed by atoms with E-state index >= 15 is 0 Å². The molecule has 0 saturated carbocycles. The van der Waals surface area contributed by atoms with Crippen LogP contribution in [0.5, 0.6) is 17.2 Å². The average Bonchev–Trinajstić information content (AvgIpc) is 3.41. The molecule has 2 aromatic heterocycles. The molecule has 0 spiro atoms. The third kappa shape index (κ3) is 3.89. The zero-order valence-electron chi connectivity index (χ0n) is 16.9. The Bertz CT molecular complexity index is 1250. The molecule has 156 valence electrons. The highest BCUT2D eigenvalue weighted by Crippen LogP contribution is 2.35. The van der Waals surface area contributed by atoms with E-state index in [9.17, 15) is 4.79 Å². The first kappa shape index (κ1) is 19.3. The lowest BCUT2D eigenvalue weighted by Gasteiger charge is -2.16. The molecule has 0 saturated heterocycles. The third-order valence-corrected chi connectivity index (χ3v) is 5.95. The number of thiazole rings is 1. The molecule has 0 bridgehead atoms. The summed E-state index contributed by atoms with van der Waals surface area (Å²) in [6, 6.07) is 14.9. The minimum absolute atomic E-state index is 0.192. The van der Waals surface area contributed by atoms with E-state index in [1.54, 1.807) is 42.7 Å². The second kappa shape index (κ2) is 7.88. The highest BCUT2D eigenvalue weighted by Gasteiger charge is 2.19. The number of amides is 1. The summed E-state index contributed by atoms with van der Waals surface area (Å²) in [6.07, 6.45) is 1.08. The minimum atomic E-state index is -0.685. The van der Waals surface area contributed by atoms with Crippen LogP contribution in [0.4, 0.5) is 5.69 Å². The van der Waals surface area contributed by atoms with Crippen LogP contribution in [0, 0.1) is 6.92 Å². The van der Waals surface area contributed by atoms with E-state index in [0.717, 1.165) is 32.2 Å². The van der Waals surface area contributed by atoms with Gasteiger partial charge in [0, 0.05) is 23.5 Å². The van der Waals surface area contributed by atoms with E-state index in [2.05, 4.69) is 15.3 Å². The first-order valence-corrected chi connectivity index (χ1v) is 10.6. The lowest BCUT2D eigenvalue weighted by molar-refractivity contribution is -0.122. The summed E-state index contributed by atoms with van der Waals surface area (Å²) in [5, 5.41) is 3.84. The number of hydrogen-bond donors (Lipinski definition) is 1. The van der Waals surface area contributed by atoms with Gasteiger partial charge in [0.05, 0.1) is 0 Å². The first-order chi connectivity index (χ1) is 15.1. The van der Waals surface area contributed by atoms with Gasteiger partial charge in [-0.15, -0.1) is 0 Å². The third-order valence-electron chi connectivity index (χ3n) is 4.92. The van der Waals surface area contributed by atoms with Gasteiger partial charge in [0.1, 0.15) is 21.1 Å². The van der Waals surface area contributed by atoms with Gasteiger partial charge in [-0.25, -0.2) is 9.97 Å². The van der Waals surface area contributed by atoms with Crippen LogP contribution in [0.2, 0.25) is 0 Å². The van der Waals surface area contributed by atoms with Crippen LogP contribution in [-0.4, -0.2) is 28.8 Å². The molecule has 1 aliphatic heterocycles. The first-order valence-electron chi connectivity index (χ1n) is 9.76. The molecule has 1 aliphatic rings. The molecule has 5 rings (SSSR count). The Morgan fingerprint density at radius 2 is 2.03 bits per heavy atom. The zero-order valence-corrected chi connectivity index (χ0v) is 17.7. The standard InChI is InChI=1S/C23H19N3O4S/c1-13-10-15(22-26-18-4-3-9-24-23(18)31-22)5-7-17(13)25-21(27)14(2)30-16-6-8-19-20(11-16)29-12-28-19/h3-11,14H,12H2,1-2H3,(H,25,27). The van der Waals surface area contributed by atoms with E-state index in [-0.39, 0.29) is 12.7 Å². The molecule has 4 aromatic rings. The van der Waals surface area contributed by atoms with Gasteiger partial charge in [-0.2, -0.15) is 0 Å². The molecule has 0 aliphatic carbocycles. The van der Waals surface area contributed by atoms with Gasteiger partial charge < -0.3 is 19.5 Å². The maximum absolute atomic E-state index is 12.7. The molecule has 2 aromatic carbocycles. The van der Waals surface area contributed by atoms with Crippen LogP contribution < -0.4 is 19.5 Å². The molecule has 8 heteroatoms. The fraction of sp³-hybridized carbons (Fsp3) is 0.174. The molecule has 1 atom stereocenters. The highest BCUT2D eigenvalue weighted by atomic mass is 32.1. The normalized spacial score (nSPS) is 13.2. The number of aryl methyl sites for hydroxylation is 1. The largest absolute Gasteiger partial charge is 0.481 e. The Morgan fingerprint density at radius 3 is 2.87 bits per heavy atom. The second-order valence-corrected chi connectivity index (χ2v) is 8.12. The number of rotatable bonds is 5. The van der Waals surface area contributed by atoms with Crippen molar-refractivity contribution in [2.45, 2.75) is 20.0 Å². The number of anilines is 1. The van der Waals surface area contributed by atoms with Crippen molar-refractivity contribution in [1.29, 1.82) is 0 Å². The number of carbonyl (C=O) groups is 1. The number of fused-ring (bicyclic) bond motifs is 2. The van der Waals surface area contributed by atoms with Crippen LogP contribution in [0.15, 0.2) is 54.7 Å². The van der Waals surface area contributed by atoms with E-state index < -0.39 is 6.10 Å². The molecule has 1 N–H and O–H groups in total. The molecule has 0 radical (unpaired) electrons.